The van der Waals surface area contributed by atoms with Crippen molar-refractivity contribution in [2.24, 2.45) is 0 Å². The lowest BCUT2D eigenvalue weighted by molar-refractivity contribution is -0.137. The predicted molar refractivity (Wildman–Crippen MR) is 65.2 cm³/mol. The van der Waals surface area contributed by atoms with Gasteiger partial charge in [-0.3, -0.25) is 0 Å². The van der Waals surface area contributed by atoms with E-state index in [1.54, 1.807) is 6.92 Å². The van der Waals surface area contributed by atoms with Crippen molar-refractivity contribution in [2.75, 3.05) is 6.23 Å². The van der Waals surface area contributed by atoms with Gasteiger partial charge in [0.1, 0.15) is 21.9 Å². The zero-order chi connectivity index (χ0) is 11.4. The van der Waals surface area contributed by atoms with Gasteiger partial charge in [-0.1, -0.05) is 6.58 Å². The quantitative estimate of drug-likeness (QED) is 0.347. The van der Waals surface area contributed by atoms with Gasteiger partial charge < -0.3 is 9.16 Å². The molecule has 0 heterocycles. The zero-order valence-electron chi connectivity index (χ0n) is 9.72. The number of hydrogen-bond donors (Lipinski definition) is 0. The molecule has 0 atom stereocenters. The van der Waals surface area contributed by atoms with Gasteiger partial charge in [0, 0.05) is 5.57 Å². The van der Waals surface area contributed by atoms with Crippen LogP contribution in [0.15, 0.2) is 12.2 Å². The van der Waals surface area contributed by atoms with Gasteiger partial charge in [0.05, 0.1) is 0 Å². The second-order valence-electron chi connectivity index (χ2n) is 4.28. The topological polar surface area (TPSA) is 35.5 Å². The molecule has 0 aliphatic rings. The van der Waals surface area contributed by atoms with Crippen molar-refractivity contribution in [3.63, 3.8) is 0 Å². The lowest BCUT2D eigenvalue weighted by atomic mass is 9.82. The first-order chi connectivity index (χ1) is 6.24. The van der Waals surface area contributed by atoms with E-state index in [1.807, 2.05) is 28.8 Å². The number of hydrogen-bond acceptors (Lipinski definition) is 3. The maximum Gasteiger partial charge on any atom is 0.332 e. The zero-order valence-corrected chi connectivity index (χ0v) is 10.7. The van der Waals surface area contributed by atoms with Gasteiger partial charge in [-0.2, -0.15) is 0 Å². The largest absolute Gasteiger partial charge is 0.463 e. The van der Waals surface area contributed by atoms with E-state index in [9.17, 15) is 4.79 Å². The van der Waals surface area contributed by atoms with Gasteiger partial charge in [-0.25, -0.2) is 4.79 Å². The summed E-state index contributed by atoms with van der Waals surface area (Å²) < 4.78 is 10.8. The summed E-state index contributed by atoms with van der Waals surface area (Å²) >= 11 is 0. The van der Waals surface area contributed by atoms with Crippen LogP contribution >= 0.6 is 0 Å². The van der Waals surface area contributed by atoms with E-state index < -0.39 is 8.32 Å². The molecule has 0 unspecified atom stereocenters. The number of carbonyl (C=O) groups is 1. The Morgan fingerprint density at radius 2 is 2.00 bits per heavy atom. The Hall–Kier alpha value is -0.483. The van der Waals surface area contributed by atoms with E-state index in [2.05, 4.69) is 6.58 Å². The SMILES string of the molecule is BC(B)O[Si](C)(C)COC(=O)C(=C)C. The minimum absolute atomic E-state index is 0.181. The van der Waals surface area contributed by atoms with Crippen LogP contribution in [0.2, 0.25) is 13.1 Å². The Morgan fingerprint density at radius 3 is 2.36 bits per heavy atom. The molecule has 0 N–H and O–H groups in total. The molecular weight excluding hydrogens is 194 g/mol. The van der Waals surface area contributed by atoms with Crippen molar-refractivity contribution in [1.82, 2.24) is 0 Å². The van der Waals surface area contributed by atoms with E-state index in [1.165, 1.54) is 0 Å². The average molecular weight is 212 g/mol. The summed E-state index contributed by atoms with van der Waals surface area (Å²) in [5.74, 6) is -0.155. The fraction of sp³-hybridized carbons (Fsp3) is 0.625. The van der Waals surface area contributed by atoms with Crippen LogP contribution in [0.4, 0.5) is 0 Å². The Labute approximate surface area is 88.8 Å². The van der Waals surface area contributed by atoms with Crippen molar-refractivity contribution in [1.29, 1.82) is 0 Å². The normalized spacial score (nSPS) is 11.4. The van der Waals surface area contributed by atoms with Crippen LogP contribution < -0.4 is 0 Å². The van der Waals surface area contributed by atoms with E-state index in [0.29, 0.717) is 11.8 Å². The maximum absolute atomic E-state index is 11.1. The molecule has 78 valence electrons. The standard InChI is InChI=1S/C8H18B2O3Si/c1-6(2)7(11)12-5-14(3,4)13-8(9)10/h8H,1,5,9-10H2,2-4H3. The summed E-state index contributed by atoms with van der Waals surface area (Å²) in [6.07, 6.45) is 0.386. The highest BCUT2D eigenvalue weighted by molar-refractivity contribution is 6.72. The van der Waals surface area contributed by atoms with Crippen LogP contribution in [0.3, 0.4) is 0 Å². The van der Waals surface area contributed by atoms with Crippen LogP contribution in [-0.4, -0.2) is 42.1 Å². The van der Waals surface area contributed by atoms with Gasteiger partial charge in [0.25, 0.3) is 0 Å². The first-order valence-corrected chi connectivity index (χ1v) is 7.86. The molecule has 0 bridgehead atoms. The minimum atomic E-state index is -1.86. The fourth-order valence-corrected chi connectivity index (χ4v) is 2.86. The highest BCUT2D eigenvalue weighted by Crippen LogP contribution is 2.07. The molecule has 0 fully saturated rings. The predicted octanol–water partition coefficient (Wildman–Crippen LogP) is -0.584. The molecule has 0 aromatic heterocycles. The second-order valence-corrected chi connectivity index (χ2v) is 8.33. The van der Waals surface area contributed by atoms with Gasteiger partial charge in [0.2, 0.25) is 8.32 Å². The third-order valence-corrected chi connectivity index (χ3v) is 3.40. The van der Waals surface area contributed by atoms with Gasteiger partial charge in [-0.15, -0.1) is 0 Å². The Morgan fingerprint density at radius 1 is 1.50 bits per heavy atom. The first-order valence-electron chi connectivity index (χ1n) is 4.75. The number of esters is 1. The monoisotopic (exact) mass is 212 g/mol. The smallest absolute Gasteiger partial charge is 0.332 e. The molecule has 0 spiro atoms. The van der Waals surface area contributed by atoms with E-state index in [0.717, 1.165) is 0 Å². The molecule has 3 nitrogen and oxygen atoms in total. The molecule has 0 radical (unpaired) electrons. The minimum Gasteiger partial charge on any atom is -0.463 e. The van der Waals surface area contributed by atoms with Gasteiger partial charge >= 0.3 is 5.97 Å². The van der Waals surface area contributed by atoms with Gasteiger partial charge in [0.15, 0.2) is 0 Å². The van der Waals surface area contributed by atoms with E-state index in [-0.39, 0.29) is 11.9 Å². The molecule has 0 aliphatic carbocycles. The third kappa shape index (κ3) is 6.04. The van der Waals surface area contributed by atoms with Crippen LogP contribution in [-0.2, 0) is 14.0 Å². The third-order valence-electron chi connectivity index (χ3n) is 1.45. The fourth-order valence-electron chi connectivity index (χ4n) is 1.03. The molecule has 6 heteroatoms. The molecule has 0 aromatic carbocycles. The van der Waals surface area contributed by atoms with Crippen molar-refractivity contribution in [2.45, 2.75) is 25.9 Å². The molecule has 0 saturated heterocycles. The highest BCUT2D eigenvalue weighted by Gasteiger charge is 2.25. The Balaban J connectivity index is 3.98. The van der Waals surface area contributed by atoms with Gasteiger partial charge in [-0.05, 0) is 25.9 Å². The van der Waals surface area contributed by atoms with Crippen molar-refractivity contribution in [3.8, 4) is 0 Å². The lowest BCUT2D eigenvalue weighted by Gasteiger charge is -2.25. The molecule has 0 saturated carbocycles. The number of rotatable bonds is 5. The average Bonchev–Trinajstić information content (AvgIpc) is 1.97. The highest BCUT2D eigenvalue weighted by atomic mass is 28.4. The van der Waals surface area contributed by atoms with Crippen molar-refractivity contribution < 1.29 is 14.0 Å². The molecule has 0 aliphatic heterocycles. The van der Waals surface area contributed by atoms with Crippen LogP contribution in [0.25, 0.3) is 0 Å². The van der Waals surface area contributed by atoms with E-state index in [4.69, 9.17) is 9.16 Å². The van der Waals surface area contributed by atoms with E-state index >= 15 is 0 Å². The molecule has 0 rings (SSSR count). The summed E-state index contributed by atoms with van der Waals surface area (Å²) in [5.41, 5.74) is 0.430. The van der Waals surface area contributed by atoms with Crippen molar-refractivity contribution >= 4 is 30.0 Å². The van der Waals surface area contributed by atoms with Crippen LogP contribution in [0, 0.1) is 0 Å². The molecule has 14 heavy (non-hydrogen) atoms. The first kappa shape index (κ1) is 13.5. The van der Waals surface area contributed by atoms with Crippen molar-refractivity contribution in [3.05, 3.63) is 12.2 Å². The molecular formula is C8H18B2O3Si. The molecule has 0 aromatic rings. The summed E-state index contributed by atoms with van der Waals surface area (Å²) in [5, 5.41) is 0. The summed E-state index contributed by atoms with van der Waals surface area (Å²) in [7, 11) is 2.10. The summed E-state index contributed by atoms with van der Waals surface area (Å²) in [4.78, 5) is 11.1. The second kappa shape index (κ2) is 5.41. The maximum atomic E-state index is 11.1. The van der Waals surface area contributed by atoms with Crippen LogP contribution in [0.1, 0.15) is 6.92 Å². The lowest BCUT2D eigenvalue weighted by Crippen LogP contribution is -2.41. The summed E-state index contributed by atoms with van der Waals surface area (Å²) in [6.45, 7) is 9.21. The number of carbonyl (C=O) groups excluding carboxylic acids is 1. The number of ether oxygens (including phenoxy) is 1. The Kier molecular flexibility index (Phi) is 5.22. The Bertz CT molecular complexity index is 229. The molecule has 0 amide bonds. The van der Waals surface area contributed by atoms with Crippen LogP contribution in [0.5, 0.6) is 0 Å². The summed E-state index contributed by atoms with van der Waals surface area (Å²) in [6, 6.07) is 0.